The summed E-state index contributed by atoms with van der Waals surface area (Å²) in [5, 5.41) is 13.0. The van der Waals surface area contributed by atoms with Crippen LogP contribution in [-0.4, -0.2) is 32.1 Å². The number of hydrogen-bond donors (Lipinski definition) is 1. The number of aliphatic hydroxyl groups is 1. The van der Waals surface area contributed by atoms with Crippen LogP contribution in [0.25, 0.3) is 0 Å². The van der Waals surface area contributed by atoms with Crippen molar-refractivity contribution >= 4 is 23.2 Å². The van der Waals surface area contributed by atoms with Gasteiger partial charge in [-0.3, -0.25) is 14.9 Å². The van der Waals surface area contributed by atoms with Gasteiger partial charge in [-0.2, -0.15) is 0 Å². The Kier molecular flexibility index (Phi) is 5.28. The number of nitrogens with zero attached hydrogens (tertiary/aromatic N) is 3. The van der Waals surface area contributed by atoms with Crippen molar-refractivity contribution < 1.29 is 5.11 Å². The lowest BCUT2D eigenvalue weighted by molar-refractivity contribution is -0.0686. The van der Waals surface area contributed by atoms with Crippen LogP contribution in [0.1, 0.15) is 48.5 Å². The minimum atomic E-state index is -0.956. The summed E-state index contributed by atoms with van der Waals surface area (Å²) in [6.45, 7) is 0. The summed E-state index contributed by atoms with van der Waals surface area (Å²) in [6.07, 6.45) is 8.27. The van der Waals surface area contributed by atoms with Gasteiger partial charge in [-0.1, -0.05) is 59.6 Å². The van der Waals surface area contributed by atoms with E-state index >= 15 is 0 Å². The second kappa shape index (κ2) is 7.93. The molecule has 2 bridgehead atoms. The maximum absolute atomic E-state index is 11.5. The van der Waals surface area contributed by atoms with Crippen molar-refractivity contribution in [2.45, 2.75) is 49.4 Å². The van der Waals surface area contributed by atoms with Crippen molar-refractivity contribution in [3.63, 3.8) is 0 Å². The van der Waals surface area contributed by atoms with E-state index in [1.54, 1.807) is 18.6 Å². The lowest BCUT2D eigenvalue weighted by atomic mass is 9.81. The molecule has 0 amide bonds. The summed E-state index contributed by atoms with van der Waals surface area (Å²) < 4.78 is 0. The summed E-state index contributed by atoms with van der Waals surface area (Å²) in [5.41, 5.74) is 1.80. The number of piperidine rings is 1. The first-order valence-corrected chi connectivity index (χ1v) is 11.1. The van der Waals surface area contributed by atoms with Crippen molar-refractivity contribution in [2.24, 2.45) is 0 Å². The van der Waals surface area contributed by atoms with Crippen molar-refractivity contribution in [2.75, 3.05) is 0 Å². The molecule has 0 spiro atoms. The number of hydrogen-bond acceptors (Lipinski definition) is 4. The lowest BCUT2D eigenvalue weighted by Crippen LogP contribution is -2.51. The molecule has 4 nitrogen and oxygen atoms in total. The number of aromatic nitrogens is 2. The van der Waals surface area contributed by atoms with Crippen LogP contribution in [0.3, 0.4) is 0 Å². The fourth-order valence-electron chi connectivity index (χ4n) is 5.31. The van der Waals surface area contributed by atoms with Gasteiger partial charge in [0.25, 0.3) is 0 Å². The molecule has 2 aromatic carbocycles. The third-order valence-corrected chi connectivity index (χ3v) is 7.25. The standard InChI is InChI=1S/C24H23Cl2N3O/c25-20-7-3-1-5-18(20)23(19-6-2-4-8-21(19)26)29-16-9-10-17(29)14-24(30,13-16)22-15-27-11-12-28-22/h1-8,11-12,15-17,23,30H,9-10,13-14H2. The highest BCUT2D eigenvalue weighted by Crippen LogP contribution is 2.51. The van der Waals surface area contributed by atoms with E-state index in [2.05, 4.69) is 27.0 Å². The van der Waals surface area contributed by atoms with Crippen LogP contribution in [0.15, 0.2) is 67.1 Å². The molecule has 3 heterocycles. The molecular formula is C24H23Cl2N3O. The Hall–Kier alpha value is -1.98. The van der Waals surface area contributed by atoms with Gasteiger partial charge < -0.3 is 5.11 Å². The van der Waals surface area contributed by atoms with Gasteiger partial charge in [0, 0.05) is 34.5 Å². The van der Waals surface area contributed by atoms with E-state index < -0.39 is 5.60 Å². The topological polar surface area (TPSA) is 49.3 Å². The highest BCUT2D eigenvalue weighted by atomic mass is 35.5. The van der Waals surface area contributed by atoms with Gasteiger partial charge in [0.1, 0.15) is 5.60 Å². The predicted octanol–water partition coefficient (Wildman–Crippen LogP) is 5.39. The molecule has 1 aromatic heterocycles. The molecular weight excluding hydrogens is 417 g/mol. The zero-order valence-electron chi connectivity index (χ0n) is 16.5. The smallest absolute Gasteiger partial charge is 0.111 e. The van der Waals surface area contributed by atoms with Crippen LogP contribution < -0.4 is 0 Å². The Bertz CT molecular complexity index is 986. The molecule has 30 heavy (non-hydrogen) atoms. The van der Waals surface area contributed by atoms with E-state index in [0.29, 0.717) is 18.5 Å². The SMILES string of the molecule is OC1(c2cnccn2)CC2CCC(C1)N2C(c1ccccc1Cl)c1ccccc1Cl. The molecule has 2 atom stereocenters. The number of halogens is 2. The largest absolute Gasteiger partial charge is 0.383 e. The van der Waals surface area contributed by atoms with Gasteiger partial charge in [-0.05, 0) is 48.9 Å². The maximum atomic E-state index is 11.5. The van der Waals surface area contributed by atoms with E-state index in [1.807, 2.05) is 36.4 Å². The first kappa shape index (κ1) is 20.0. The predicted molar refractivity (Wildman–Crippen MR) is 119 cm³/mol. The van der Waals surface area contributed by atoms with Gasteiger partial charge in [-0.15, -0.1) is 0 Å². The van der Waals surface area contributed by atoms with E-state index in [1.165, 1.54) is 0 Å². The summed E-state index contributed by atoms with van der Waals surface area (Å²) in [5.74, 6) is 0. The van der Waals surface area contributed by atoms with E-state index in [9.17, 15) is 5.11 Å². The lowest BCUT2D eigenvalue weighted by Gasteiger charge is -2.47. The molecule has 2 fully saturated rings. The summed E-state index contributed by atoms with van der Waals surface area (Å²) in [6, 6.07) is 16.3. The maximum Gasteiger partial charge on any atom is 0.111 e. The van der Waals surface area contributed by atoms with Crippen LogP contribution in [0.5, 0.6) is 0 Å². The molecule has 2 aliphatic rings. The molecule has 0 saturated carbocycles. The molecule has 2 unspecified atom stereocenters. The zero-order valence-corrected chi connectivity index (χ0v) is 18.0. The quantitative estimate of drug-likeness (QED) is 0.591. The normalized spacial score (nSPS) is 26.3. The Morgan fingerprint density at radius 2 is 1.47 bits per heavy atom. The van der Waals surface area contributed by atoms with Crippen LogP contribution >= 0.6 is 23.2 Å². The second-order valence-electron chi connectivity index (χ2n) is 8.31. The van der Waals surface area contributed by atoms with Crippen LogP contribution in [-0.2, 0) is 5.60 Å². The molecule has 1 N–H and O–H groups in total. The van der Waals surface area contributed by atoms with Gasteiger partial charge in [-0.25, -0.2) is 0 Å². The van der Waals surface area contributed by atoms with Crippen molar-refractivity contribution in [3.05, 3.63) is 94.0 Å². The first-order valence-electron chi connectivity index (χ1n) is 10.3. The summed E-state index contributed by atoms with van der Waals surface area (Å²) in [4.78, 5) is 11.1. The average Bonchev–Trinajstić information content (AvgIpc) is 3.02. The second-order valence-corrected chi connectivity index (χ2v) is 9.12. The Morgan fingerprint density at radius 1 is 0.900 bits per heavy atom. The summed E-state index contributed by atoms with van der Waals surface area (Å²) in [7, 11) is 0. The molecule has 154 valence electrons. The Labute approximate surface area is 186 Å². The molecule has 3 aromatic rings. The molecule has 2 saturated heterocycles. The van der Waals surface area contributed by atoms with Gasteiger partial charge in [0.15, 0.2) is 0 Å². The highest BCUT2D eigenvalue weighted by Gasteiger charge is 2.51. The molecule has 5 rings (SSSR count). The summed E-state index contributed by atoms with van der Waals surface area (Å²) >= 11 is 13.3. The first-order chi connectivity index (χ1) is 14.6. The van der Waals surface area contributed by atoms with Crippen LogP contribution in [0.2, 0.25) is 10.0 Å². The Balaban J connectivity index is 1.57. The highest BCUT2D eigenvalue weighted by molar-refractivity contribution is 6.32. The molecule has 6 heteroatoms. The third-order valence-electron chi connectivity index (χ3n) is 6.56. The fourth-order valence-corrected chi connectivity index (χ4v) is 5.79. The molecule has 0 radical (unpaired) electrons. The van der Waals surface area contributed by atoms with Gasteiger partial charge in [0.2, 0.25) is 0 Å². The minimum Gasteiger partial charge on any atom is -0.383 e. The van der Waals surface area contributed by atoms with Gasteiger partial charge >= 0.3 is 0 Å². The third kappa shape index (κ3) is 3.42. The number of rotatable bonds is 4. The van der Waals surface area contributed by atoms with Crippen LogP contribution in [0, 0.1) is 0 Å². The van der Waals surface area contributed by atoms with Crippen molar-refractivity contribution in [1.82, 2.24) is 14.9 Å². The monoisotopic (exact) mass is 439 g/mol. The van der Waals surface area contributed by atoms with Gasteiger partial charge in [0.05, 0.1) is 17.9 Å². The van der Waals surface area contributed by atoms with Crippen LogP contribution in [0.4, 0.5) is 0 Å². The minimum absolute atomic E-state index is 0.0590. The number of benzene rings is 2. The van der Waals surface area contributed by atoms with Crippen molar-refractivity contribution in [3.8, 4) is 0 Å². The molecule has 0 aliphatic carbocycles. The van der Waals surface area contributed by atoms with E-state index in [4.69, 9.17) is 23.2 Å². The fraction of sp³-hybridized carbons (Fsp3) is 0.333. The Morgan fingerprint density at radius 3 is 1.97 bits per heavy atom. The van der Waals surface area contributed by atoms with E-state index in [-0.39, 0.29) is 18.1 Å². The molecule has 2 aliphatic heterocycles. The average molecular weight is 440 g/mol. The zero-order chi connectivity index (χ0) is 20.7. The van der Waals surface area contributed by atoms with Crippen molar-refractivity contribution in [1.29, 1.82) is 0 Å². The van der Waals surface area contributed by atoms with E-state index in [0.717, 1.165) is 34.0 Å². The number of fused-ring (bicyclic) bond motifs is 2.